The van der Waals surface area contributed by atoms with Crippen molar-refractivity contribution in [3.63, 3.8) is 0 Å². The second-order valence-electron chi connectivity index (χ2n) is 13.3. The summed E-state index contributed by atoms with van der Waals surface area (Å²) in [5, 5.41) is 60.1. The third kappa shape index (κ3) is 9.59. The molecule has 0 bridgehead atoms. The molecule has 0 radical (unpaired) electrons. The van der Waals surface area contributed by atoms with Gasteiger partial charge in [-0.1, -0.05) is 45.9 Å². The zero-order valence-corrected chi connectivity index (χ0v) is 29.9. The summed E-state index contributed by atoms with van der Waals surface area (Å²) < 4.78 is 0. The lowest BCUT2D eigenvalue weighted by atomic mass is 9.76. The summed E-state index contributed by atoms with van der Waals surface area (Å²) in [6, 6.07) is 7.85. The monoisotopic (exact) mass is 720 g/mol. The number of carboxylic acid groups (broad SMARTS) is 5. The van der Waals surface area contributed by atoms with Crippen LogP contribution in [0.25, 0.3) is 5.57 Å². The van der Waals surface area contributed by atoms with Crippen molar-refractivity contribution in [1.29, 1.82) is 0 Å². The lowest BCUT2D eigenvalue weighted by Crippen LogP contribution is -2.38. The zero-order valence-electron chi connectivity index (χ0n) is 29.9. The largest absolute Gasteiger partial charge is 0.507 e. The van der Waals surface area contributed by atoms with Crippen LogP contribution in [0.15, 0.2) is 58.7 Å². The van der Waals surface area contributed by atoms with Crippen molar-refractivity contribution in [3.8, 4) is 5.75 Å². The zero-order chi connectivity index (χ0) is 39.2. The van der Waals surface area contributed by atoms with Crippen LogP contribution < -0.4 is 0 Å². The highest BCUT2D eigenvalue weighted by Crippen LogP contribution is 2.44. The molecule has 14 nitrogen and oxygen atoms in total. The highest BCUT2D eigenvalue weighted by atomic mass is 16.4. The minimum absolute atomic E-state index is 0.104. The second-order valence-corrected chi connectivity index (χ2v) is 13.3. The van der Waals surface area contributed by atoms with E-state index >= 15 is 0 Å². The number of carboxylic acids is 5. The topological polar surface area (TPSA) is 230 Å². The molecule has 14 heteroatoms. The van der Waals surface area contributed by atoms with Gasteiger partial charge in [0.25, 0.3) is 0 Å². The number of ketones is 1. The van der Waals surface area contributed by atoms with E-state index in [-0.39, 0.29) is 52.9 Å². The fourth-order valence-electron chi connectivity index (χ4n) is 6.33. The molecule has 0 saturated heterocycles. The summed E-state index contributed by atoms with van der Waals surface area (Å²) in [5.74, 6) is -7.76. The molecule has 0 aromatic heterocycles. The third-order valence-corrected chi connectivity index (χ3v) is 8.82. The Balaban J connectivity index is 2.60. The van der Waals surface area contributed by atoms with Crippen molar-refractivity contribution in [1.82, 2.24) is 9.80 Å². The van der Waals surface area contributed by atoms with E-state index in [0.29, 0.717) is 39.0 Å². The van der Waals surface area contributed by atoms with Crippen molar-refractivity contribution < 1.29 is 59.4 Å². The first-order valence-corrected chi connectivity index (χ1v) is 16.5. The van der Waals surface area contributed by atoms with Gasteiger partial charge in [0.2, 0.25) is 0 Å². The molecule has 0 spiro atoms. The molecule has 0 atom stereocenters. The number of phenols is 1. The van der Waals surface area contributed by atoms with E-state index in [1.54, 1.807) is 71.9 Å². The van der Waals surface area contributed by atoms with Crippen LogP contribution in [-0.4, -0.2) is 109 Å². The van der Waals surface area contributed by atoms with Crippen LogP contribution in [0.3, 0.4) is 0 Å². The SMILES string of the molecule is CC1=C(CN(CC(=O)O)CC(=O)O)C(=O)C(C(C)C)=CC1=C(c1ccccc1C(=O)O)c1cc(C(C)C)c(O)c(CN(CC(=O)O)CC(=O)O)c1C. The van der Waals surface area contributed by atoms with Gasteiger partial charge in [0.1, 0.15) is 5.75 Å². The van der Waals surface area contributed by atoms with Crippen molar-refractivity contribution >= 4 is 41.2 Å². The van der Waals surface area contributed by atoms with Crippen LogP contribution in [0, 0.1) is 12.8 Å². The number of carbonyl (C=O) groups is 6. The smallest absolute Gasteiger partial charge is 0.336 e. The van der Waals surface area contributed by atoms with Crippen molar-refractivity contribution in [2.75, 3.05) is 32.7 Å². The van der Waals surface area contributed by atoms with Gasteiger partial charge in [0.05, 0.1) is 31.7 Å². The molecular weight excluding hydrogens is 676 g/mol. The Morgan fingerprint density at radius 1 is 0.692 bits per heavy atom. The molecule has 2 aromatic rings. The molecule has 0 amide bonds. The lowest BCUT2D eigenvalue weighted by molar-refractivity contribution is -0.143. The van der Waals surface area contributed by atoms with Gasteiger partial charge in [-0.25, -0.2) is 4.79 Å². The molecule has 2 aromatic carbocycles. The van der Waals surface area contributed by atoms with Gasteiger partial charge in [0, 0.05) is 29.8 Å². The fourth-order valence-corrected chi connectivity index (χ4v) is 6.33. The second kappa shape index (κ2) is 17.1. The molecule has 1 aliphatic rings. The summed E-state index contributed by atoms with van der Waals surface area (Å²) in [5.41, 5.74) is 3.01. The molecule has 1 aliphatic carbocycles. The lowest BCUT2D eigenvalue weighted by Gasteiger charge is -2.30. The van der Waals surface area contributed by atoms with Crippen LogP contribution in [0.5, 0.6) is 5.75 Å². The Bertz CT molecular complexity index is 1870. The maximum atomic E-state index is 14.0. The molecule has 0 saturated carbocycles. The Labute approximate surface area is 300 Å². The van der Waals surface area contributed by atoms with Crippen molar-refractivity contribution in [2.24, 2.45) is 5.92 Å². The van der Waals surface area contributed by atoms with E-state index in [2.05, 4.69) is 0 Å². The molecule has 0 unspecified atom stereocenters. The van der Waals surface area contributed by atoms with Gasteiger partial charge >= 0.3 is 29.8 Å². The number of allylic oxidation sites excluding steroid dienone is 4. The van der Waals surface area contributed by atoms with E-state index < -0.39 is 61.8 Å². The maximum absolute atomic E-state index is 14.0. The Hall–Kier alpha value is -5.60. The predicted octanol–water partition coefficient (Wildman–Crippen LogP) is 4.25. The normalized spacial score (nSPS) is 14.3. The summed E-state index contributed by atoms with van der Waals surface area (Å²) in [6.07, 6.45) is 1.64. The Morgan fingerprint density at radius 2 is 1.17 bits per heavy atom. The van der Waals surface area contributed by atoms with Gasteiger partial charge < -0.3 is 30.6 Å². The van der Waals surface area contributed by atoms with Crippen molar-refractivity contribution in [3.05, 3.63) is 92.1 Å². The summed E-state index contributed by atoms with van der Waals surface area (Å²) in [7, 11) is 0. The van der Waals surface area contributed by atoms with Gasteiger partial charge in [-0.3, -0.25) is 33.8 Å². The number of Topliss-reactive ketones (excluding diaryl/α,β-unsaturated/α-hetero) is 1. The van der Waals surface area contributed by atoms with Crippen LogP contribution in [0.2, 0.25) is 0 Å². The first-order chi connectivity index (χ1) is 24.2. The van der Waals surface area contributed by atoms with Crippen molar-refractivity contribution in [2.45, 2.75) is 54.0 Å². The van der Waals surface area contributed by atoms with Gasteiger partial charge in [-0.15, -0.1) is 0 Å². The first kappa shape index (κ1) is 40.8. The average molecular weight is 721 g/mol. The number of phenolic OH excluding ortho intramolecular Hbond substituents is 1. The molecule has 6 N–H and O–H groups in total. The van der Waals surface area contributed by atoms with E-state index in [9.17, 15) is 59.4 Å². The average Bonchev–Trinajstić information content (AvgIpc) is 3.01. The molecule has 0 fully saturated rings. The molecule has 0 heterocycles. The molecule has 278 valence electrons. The highest BCUT2D eigenvalue weighted by molar-refractivity contribution is 6.13. The minimum Gasteiger partial charge on any atom is -0.507 e. The van der Waals surface area contributed by atoms with E-state index in [4.69, 9.17) is 0 Å². The number of aromatic hydroxyl groups is 1. The number of hydrogen-bond donors (Lipinski definition) is 6. The van der Waals surface area contributed by atoms with Crippen LogP contribution in [0.1, 0.15) is 78.7 Å². The highest BCUT2D eigenvalue weighted by Gasteiger charge is 2.32. The number of aromatic carboxylic acids is 1. The molecule has 52 heavy (non-hydrogen) atoms. The summed E-state index contributed by atoms with van der Waals surface area (Å²) >= 11 is 0. The maximum Gasteiger partial charge on any atom is 0.336 e. The van der Waals surface area contributed by atoms with Crippen LogP contribution in [-0.2, 0) is 30.5 Å². The summed E-state index contributed by atoms with van der Waals surface area (Å²) in [4.78, 5) is 75.7. The third-order valence-electron chi connectivity index (χ3n) is 8.82. The number of benzene rings is 2. The number of aliphatic carboxylic acids is 4. The van der Waals surface area contributed by atoms with Crippen LogP contribution in [0.4, 0.5) is 0 Å². The Kier molecular flexibility index (Phi) is 13.4. The number of hydrogen-bond acceptors (Lipinski definition) is 9. The first-order valence-electron chi connectivity index (χ1n) is 16.5. The quantitative estimate of drug-likeness (QED) is 0.134. The van der Waals surface area contributed by atoms with Gasteiger partial charge in [-0.05, 0) is 82.9 Å². The molecule has 0 aliphatic heterocycles. The molecule has 3 rings (SSSR count). The van der Waals surface area contributed by atoms with E-state index in [1.165, 1.54) is 6.07 Å². The number of carbonyl (C=O) groups excluding carboxylic acids is 1. The fraction of sp³-hybridized carbons (Fsp3) is 0.368. The van der Waals surface area contributed by atoms with Gasteiger partial charge in [0.15, 0.2) is 5.78 Å². The minimum atomic E-state index is -1.30. The van der Waals surface area contributed by atoms with Crippen LogP contribution >= 0.6 is 0 Å². The van der Waals surface area contributed by atoms with E-state index in [1.807, 2.05) is 0 Å². The molecular formula is C38H44N2O12. The Morgan fingerprint density at radius 3 is 1.62 bits per heavy atom. The van der Waals surface area contributed by atoms with E-state index in [0.717, 1.165) is 9.80 Å². The predicted molar refractivity (Wildman–Crippen MR) is 189 cm³/mol. The summed E-state index contributed by atoms with van der Waals surface area (Å²) in [6.45, 7) is 7.12. The number of rotatable bonds is 17. The standard InChI is InChI=1S/C38H44N2O12/c1-19(2)25-11-27(21(5)29(36(25)49)13-39(15-31(41)42)16-32(43)44)35(23-9-7-8-10-24(23)38(51)52)28-12-26(20(3)4)37(50)30(22(28)6)14-40(17-33(45)46)18-34(47)48/h7-12,19-20,49H,13-18H2,1-6H3,(H,41,42)(H,43,44)(H,45,46)(H,47,48)(H,51,52). The van der Waals surface area contributed by atoms with Gasteiger partial charge in [-0.2, -0.15) is 0 Å². The number of nitrogens with zero attached hydrogens (tertiary/aromatic N) is 2.